The monoisotopic (exact) mass is 218 g/mol. The van der Waals surface area contributed by atoms with Gasteiger partial charge < -0.3 is 15.6 Å². The second-order valence-corrected chi connectivity index (χ2v) is 3.50. The fourth-order valence-corrected chi connectivity index (χ4v) is 1.61. The number of nitrogen functional groups attached to an aromatic ring is 1. The van der Waals surface area contributed by atoms with Crippen LogP contribution in [0.15, 0.2) is 30.3 Å². The normalized spacial score (nSPS) is 10.8. The fourth-order valence-electron chi connectivity index (χ4n) is 1.61. The molecule has 2 aromatic rings. The summed E-state index contributed by atoms with van der Waals surface area (Å²) in [7, 11) is 0. The van der Waals surface area contributed by atoms with Crippen molar-refractivity contribution >= 4 is 16.7 Å². The van der Waals surface area contributed by atoms with E-state index in [0.717, 1.165) is 16.5 Å². The Morgan fingerprint density at radius 2 is 2.12 bits per heavy atom. The second-order valence-electron chi connectivity index (χ2n) is 3.50. The van der Waals surface area contributed by atoms with Gasteiger partial charge in [0.05, 0.1) is 25.3 Å². The van der Waals surface area contributed by atoms with Crippen LogP contribution in [0, 0.1) is 0 Å². The summed E-state index contributed by atoms with van der Waals surface area (Å²) in [4.78, 5) is 4.24. The number of pyridine rings is 1. The maximum absolute atomic E-state index is 8.64. The summed E-state index contributed by atoms with van der Waals surface area (Å²) in [6.07, 6.45) is 0. The molecule has 1 heterocycles. The lowest BCUT2D eigenvalue weighted by Crippen LogP contribution is -2.00. The Morgan fingerprint density at radius 3 is 2.94 bits per heavy atom. The molecule has 0 radical (unpaired) electrons. The molecule has 0 aliphatic heterocycles. The molecule has 84 valence electrons. The minimum absolute atomic E-state index is 0.0377. The van der Waals surface area contributed by atoms with E-state index >= 15 is 0 Å². The van der Waals surface area contributed by atoms with E-state index in [2.05, 4.69) is 4.98 Å². The van der Waals surface area contributed by atoms with Crippen LogP contribution < -0.4 is 5.73 Å². The van der Waals surface area contributed by atoms with Crippen molar-refractivity contribution < 1.29 is 9.84 Å². The van der Waals surface area contributed by atoms with Crippen LogP contribution in [0.2, 0.25) is 0 Å². The van der Waals surface area contributed by atoms with Gasteiger partial charge in [-0.05, 0) is 23.8 Å². The van der Waals surface area contributed by atoms with Crippen molar-refractivity contribution in [1.29, 1.82) is 0 Å². The van der Waals surface area contributed by atoms with Crippen molar-refractivity contribution in [1.82, 2.24) is 4.98 Å². The molecule has 0 spiro atoms. The molecule has 3 N–H and O–H groups in total. The lowest BCUT2D eigenvalue weighted by atomic mass is 10.1. The van der Waals surface area contributed by atoms with E-state index < -0.39 is 0 Å². The Balaban J connectivity index is 2.30. The summed E-state index contributed by atoms with van der Waals surface area (Å²) in [5.74, 6) is 0.515. The zero-order valence-corrected chi connectivity index (χ0v) is 8.89. The molecule has 0 bridgehead atoms. The molecule has 0 atom stereocenters. The van der Waals surface area contributed by atoms with Crippen LogP contribution in [0.5, 0.6) is 0 Å². The second kappa shape index (κ2) is 4.92. The molecule has 0 fully saturated rings. The Labute approximate surface area is 93.7 Å². The largest absolute Gasteiger partial charge is 0.394 e. The van der Waals surface area contributed by atoms with Gasteiger partial charge in [-0.1, -0.05) is 12.1 Å². The SMILES string of the molecule is Nc1ccc2c(COCCO)cccc2n1. The highest BCUT2D eigenvalue weighted by molar-refractivity contribution is 5.83. The number of aliphatic hydroxyl groups excluding tert-OH is 1. The third-order valence-corrected chi connectivity index (χ3v) is 2.34. The molecular formula is C12H14N2O2. The molecule has 0 amide bonds. The number of aliphatic hydroxyl groups is 1. The first-order chi connectivity index (χ1) is 7.81. The van der Waals surface area contributed by atoms with Gasteiger partial charge in [0, 0.05) is 5.39 Å². The number of anilines is 1. The molecule has 0 aliphatic rings. The molecule has 2 rings (SSSR count). The molecule has 1 aromatic heterocycles. The van der Waals surface area contributed by atoms with Gasteiger partial charge in [-0.2, -0.15) is 0 Å². The summed E-state index contributed by atoms with van der Waals surface area (Å²) in [6.45, 7) is 0.859. The third kappa shape index (κ3) is 2.29. The van der Waals surface area contributed by atoms with Gasteiger partial charge in [0.1, 0.15) is 5.82 Å². The highest BCUT2D eigenvalue weighted by Gasteiger charge is 2.02. The average molecular weight is 218 g/mol. The summed E-state index contributed by atoms with van der Waals surface area (Å²) >= 11 is 0. The van der Waals surface area contributed by atoms with Crippen LogP contribution in [-0.2, 0) is 11.3 Å². The molecular weight excluding hydrogens is 204 g/mol. The van der Waals surface area contributed by atoms with Gasteiger partial charge in [-0.3, -0.25) is 0 Å². The average Bonchev–Trinajstić information content (AvgIpc) is 2.29. The first-order valence-corrected chi connectivity index (χ1v) is 5.14. The van der Waals surface area contributed by atoms with Crippen LogP contribution in [0.1, 0.15) is 5.56 Å². The Morgan fingerprint density at radius 1 is 1.25 bits per heavy atom. The smallest absolute Gasteiger partial charge is 0.124 e. The van der Waals surface area contributed by atoms with Crippen LogP contribution >= 0.6 is 0 Å². The van der Waals surface area contributed by atoms with E-state index in [4.69, 9.17) is 15.6 Å². The quantitative estimate of drug-likeness (QED) is 0.759. The maximum Gasteiger partial charge on any atom is 0.124 e. The topological polar surface area (TPSA) is 68.4 Å². The number of rotatable bonds is 4. The molecule has 0 saturated carbocycles. The lowest BCUT2D eigenvalue weighted by Gasteiger charge is -2.06. The van der Waals surface area contributed by atoms with E-state index in [-0.39, 0.29) is 6.61 Å². The van der Waals surface area contributed by atoms with Crippen molar-refractivity contribution in [2.75, 3.05) is 18.9 Å². The van der Waals surface area contributed by atoms with Gasteiger partial charge in [0.15, 0.2) is 0 Å². The molecule has 16 heavy (non-hydrogen) atoms. The van der Waals surface area contributed by atoms with Gasteiger partial charge >= 0.3 is 0 Å². The minimum atomic E-state index is 0.0377. The van der Waals surface area contributed by atoms with Crippen LogP contribution in [0.25, 0.3) is 10.9 Å². The fraction of sp³-hybridized carbons (Fsp3) is 0.250. The molecule has 4 heteroatoms. The van der Waals surface area contributed by atoms with Crippen molar-refractivity contribution in [3.63, 3.8) is 0 Å². The number of hydrogen-bond donors (Lipinski definition) is 2. The summed E-state index contributed by atoms with van der Waals surface area (Å²) in [6, 6.07) is 9.54. The maximum atomic E-state index is 8.64. The predicted molar refractivity (Wildman–Crippen MR) is 62.9 cm³/mol. The zero-order chi connectivity index (χ0) is 11.4. The third-order valence-electron chi connectivity index (χ3n) is 2.34. The van der Waals surface area contributed by atoms with Crippen molar-refractivity contribution in [2.24, 2.45) is 0 Å². The molecule has 1 aromatic carbocycles. The van der Waals surface area contributed by atoms with E-state index in [9.17, 15) is 0 Å². The molecule has 0 unspecified atom stereocenters. The van der Waals surface area contributed by atoms with Crippen LogP contribution in [0.3, 0.4) is 0 Å². The summed E-state index contributed by atoms with van der Waals surface area (Å²) in [5, 5.41) is 9.68. The lowest BCUT2D eigenvalue weighted by molar-refractivity contribution is 0.0821. The van der Waals surface area contributed by atoms with Crippen molar-refractivity contribution in [3.05, 3.63) is 35.9 Å². The molecule has 0 saturated heterocycles. The first kappa shape index (κ1) is 10.9. The highest BCUT2D eigenvalue weighted by Crippen LogP contribution is 2.19. The Bertz CT molecular complexity index is 485. The minimum Gasteiger partial charge on any atom is -0.394 e. The number of nitrogens with two attached hydrogens (primary N) is 1. The Hall–Kier alpha value is -1.65. The number of nitrogens with zero attached hydrogens (tertiary/aromatic N) is 1. The molecule has 4 nitrogen and oxygen atoms in total. The van der Waals surface area contributed by atoms with Crippen LogP contribution in [0.4, 0.5) is 5.82 Å². The van der Waals surface area contributed by atoms with E-state index in [1.54, 1.807) is 6.07 Å². The first-order valence-electron chi connectivity index (χ1n) is 5.14. The van der Waals surface area contributed by atoms with E-state index in [1.807, 2.05) is 24.3 Å². The number of aromatic nitrogens is 1. The van der Waals surface area contributed by atoms with Gasteiger partial charge in [-0.15, -0.1) is 0 Å². The van der Waals surface area contributed by atoms with Gasteiger partial charge in [-0.25, -0.2) is 4.98 Å². The van der Waals surface area contributed by atoms with Crippen molar-refractivity contribution in [3.8, 4) is 0 Å². The summed E-state index contributed by atoms with van der Waals surface area (Å²) < 4.78 is 5.30. The number of ether oxygens (including phenoxy) is 1. The predicted octanol–water partition coefficient (Wildman–Crippen LogP) is 1.33. The van der Waals surface area contributed by atoms with Crippen molar-refractivity contribution in [2.45, 2.75) is 6.61 Å². The van der Waals surface area contributed by atoms with Crippen LogP contribution in [-0.4, -0.2) is 23.3 Å². The highest BCUT2D eigenvalue weighted by atomic mass is 16.5. The Kier molecular flexibility index (Phi) is 3.34. The van der Waals surface area contributed by atoms with E-state index in [0.29, 0.717) is 19.0 Å². The van der Waals surface area contributed by atoms with Gasteiger partial charge in [0.2, 0.25) is 0 Å². The standard InChI is InChI=1S/C12H14N2O2/c13-12-5-4-10-9(8-16-7-6-15)2-1-3-11(10)14-12/h1-5,15H,6-8H2,(H2,13,14). The van der Waals surface area contributed by atoms with Gasteiger partial charge in [0.25, 0.3) is 0 Å². The molecule has 0 aliphatic carbocycles. The number of hydrogen-bond acceptors (Lipinski definition) is 4. The number of benzene rings is 1. The van der Waals surface area contributed by atoms with E-state index in [1.165, 1.54) is 0 Å². The zero-order valence-electron chi connectivity index (χ0n) is 8.89. The number of fused-ring (bicyclic) bond motifs is 1. The summed E-state index contributed by atoms with van der Waals surface area (Å²) in [5.41, 5.74) is 7.54.